The molecular formula is C18H19N5O2S. The van der Waals surface area contributed by atoms with Gasteiger partial charge in [0.2, 0.25) is 5.95 Å². The molecule has 8 heteroatoms. The molecule has 1 fully saturated rings. The van der Waals surface area contributed by atoms with Gasteiger partial charge in [0.25, 0.3) is 5.91 Å². The molecule has 4 heterocycles. The van der Waals surface area contributed by atoms with E-state index in [4.69, 9.17) is 0 Å². The molecule has 3 aromatic heterocycles. The normalized spacial score (nSPS) is 15.7. The van der Waals surface area contributed by atoms with Gasteiger partial charge in [-0.2, -0.15) is 0 Å². The molecule has 4 rings (SSSR count). The summed E-state index contributed by atoms with van der Waals surface area (Å²) >= 11 is 1.51. The molecule has 26 heavy (non-hydrogen) atoms. The monoisotopic (exact) mass is 369 g/mol. The van der Waals surface area contributed by atoms with Gasteiger partial charge < -0.3 is 15.3 Å². The Labute approximate surface area is 154 Å². The molecule has 134 valence electrons. The Morgan fingerprint density at radius 2 is 2.19 bits per heavy atom. The van der Waals surface area contributed by atoms with Crippen LogP contribution < -0.4 is 5.32 Å². The Morgan fingerprint density at radius 3 is 2.88 bits per heavy atom. The molecule has 7 nitrogen and oxygen atoms in total. The van der Waals surface area contributed by atoms with Crippen molar-refractivity contribution >= 4 is 33.4 Å². The highest BCUT2D eigenvalue weighted by Crippen LogP contribution is 2.29. The third-order valence-corrected chi connectivity index (χ3v) is 5.37. The van der Waals surface area contributed by atoms with Crippen LogP contribution in [0.5, 0.6) is 0 Å². The first kappa shape index (κ1) is 16.9. The van der Waals surface area contributed by atoms with E-state index in [1.165, 1.54) is 11.3 Å². The van der Waals surface area contributed by atoms with Gasteiger partial charge >= 0.3 is 0 Å². The maximum Gasteiger partial charge on any atom is 0.274 e. The summed E-state index contributed by atoms with van der Waals surface area (Å²) in [4.78, 5) is 28.9. The predicted molar refractivity (Wildman–Crippen MR) is 100 cm³/mol. The summed E-state index contributed by atoms with van der Waals surface area (Å²) in [6.07, 6.45) is 1.30. The maximum atomic E-state index is 12.8. The second-order valence-electron chi connectivity index (χ2n) is 6.45. The molecular weight excluding hydrogens is 350 g/mol. The summed E-state index contributed by atoms with van der Waals surface area (Å²) in [6.45, 7) is 4.66. The van der Waals surface area contributed by atoms with E-state index in [0.717, 1.165) is 20.8 Å². The van der Waals surface area contributed by atoms with Crippen LogP contribution in [0.4, 0.5) is 5.95 Å². The molecule has 1 amide bonds. The fraction of sp³-hybridized carbons (Fsp3) is 0.333. The van der Waals surface area contributed by atoms with Gasteiger partial charge in [-0.15, -0.1) is 11.3 Å². The van der Waals surface area contributed by atoms with Crippen molar-refractivity contribution in [2.75, 3.05) is 18.4 Å². The van der Waals surface area contributed by atoms with E-state index in [2.05, 4.69) is 20.3 Å². The molecule has 0 aliphatic carbocycles. The number of aliphatic hydroxyl groups excluding tert-OH is 1. The molecule has 1 aliphatic rings. The van der Waals surface area contributed by atoms with Crippen LogP contribution in [0.2, 0.25) is 0 Å². The minimum atomic E-state index is -0.442. The number of nitrogens with zero attached hydrogens (tertiary/aromatic N) is 4. The van der Waals surface area contributed by atoms with Crippen LogP contribution in [-0.2, 0) is 0 Å². The zero-order valence-electron chi connectivity index (χ0n) is 14.5. The molecule has 0 spiro atoms. The number of hydrogen-bond donors (Lipinski definition) is 2. The highest BCUT2D eigenvalue weighted by atomic mass is 32.1. The van der Waals surface area contributed by atoms with Crippen molar-refractivity contribution in [1.82, 2.24) is 19.9 Å². The van der Waals surface area contributed by atoms with Crippen molar-refractivity contribution in [2.45, 2.75) is 26.0 Å². The zero-order chi connectivity index (χ0) is 18.3. The number of aryl methyl sites for hydroxylation is 1. The Bertz CT molecular complexity index is 953. The van der Waals surface area contributed by atoms with Gasteiger partial charge in [-0.1, -0.05) is 6.07 Å². The van der Waals surface area contributed by atoms with E-state index in [1.54, 1.807) is 11.1 Å². The molecule has 0 unspecified atom stereocenters. The summed E-state index contributed by atoms with van der Waals surface area (Å²) in [5, 5.41) is 12.7. The molecule has 2 N–H and O–H groups in total. The summed E-state index contributed by atoms with van der Waals surface area (Å²) in [5.41, 5.74) is 2.01. The highest BCUT2D eigenvalue weighted by Gasteiger charge is 2.32. The second-order valence-corrected chi connectivity index (χ2v) is 7.71. The van der Waals surface area contributed by atoms with E-state index < -0.39 is 6.10 Å². The number of amides is 1. The van der Waals surface area contributed by atoms with E-state index in [0.29, 0.717) is 24.7 Å². The molecule has 0 saturated carbocycles. The van der Waals surface area contributed by atoms with Crippen molar-refractivity contribution in [3.8, 4) is 0 Å². The van der Waals surface area contributed by atoms with Crippen molar-refractivity contribution in [2.24, 2.45) is 0 Å². The molecule has 0 aromatic carbocycles. The first-order valence-electron chi connectivity index (χ1n) is 8.44. The SMILES string of the molecule is Cc1cc2nc(N[C@@H](C)c3ccccn3)nc(C(=O)N3CC(O)C3)c2s1. The van der Waals surface area contributed by atoms with Gasteiger partial charge in [-0.25, -0.2) is 9.97 Å². The number of carbonyl (C=O) groups is 1. The summed E-state index contributed by atoms with van der Waals surface area (Å²) in [5.74, 6) is 0.232. The lowest BCUT2D eigenvalue weighted by Crippen LogP contribution is -2.53. The largest absolute Gasteiger partial charge is 0.389 e. The second kappa shape index (κ2) is 6.62. The molecule has 0 bridgehead atoms. The number of rotatable bonds is 4. The third kappa shape index (κ3) is 3.13. The number of aromatic nitrogens is 3. The first-order valence-corrected chi connectivity index (χ1v) is 9.26. The molecule has 1 aliphatic heterocycles. The topological polar surface area (TPSA) is 91.2 Å². The number of β-amino-alcohol motifs (C(OH)–C–C–N with tert-alkyl or cyclic N) is 1. The van der Waals surface area contributed by atoms with Crippen molar-refractivity contribution in [3.05, 3.63) is 46.7 Å². The van der Waals surface area contributed by atoms with E-state index >= 15 is 0 Å². The van der Waals surface area contributed by atoms with Crippen molar-refractivity contribution < 1.29 is 9.90 Å². The lowest BCUT2D eigenvalue weighted by molar-refractivity contribution is 0.00567. The Hall–Kier alpha value is -2.58. The number of aliphatic hydroxyl groups is 1. The van der Waals surface area contributed by atoms with Gasteiger partial charge in [0.1, 0.15) is 0 Å². The smallest absolute Gasteiger partial charge is 0.274 e. The van der Waals surface area contributed by atoms with Gasteiger partial charge in [-0.05, 0) is 32.0 Å². The molecule has 1 saturated heterocycles. The third-order valence-electron chi connectivity index (χ3n) is 4.32. The van der Waals surface area contributed by atoms with Crippen molar-refractivity contribution in [1.29, 1.82) is 0 Å². The van der Waals surface area contributed by atoms with Crippen molar-refractivity contribution in [3.63, 3.8) is 0 Å². The number of anilines is 1. The number of nitrogens with one attached hydrogen (secondary N) is 1. The quantitative estimate of drug-likeness (QED) is 0.734. The Kier molecular flexibility index (Phi) is 4.29. The maximum absolute atomic E-state index is 12.8. The lowest BCUT2D eigenvalue weighted by Gasteiger charge is -2.35. The van der Waals surface area contributed by atoms with Gasteiger partial charge in [0.15, 0.2) is 5.69 Å². The van der Waals surface area contributed by atoms with E-state index in [-0.39, 0.29) is 11.9 Å². The van der Waals surface area contributed by atoms with Gasteiger partial charge in [0, 0.05) is 24.2 Å². The number of thiophene rings is 1. The predicted octanol–water partition coefficient (Wildman–Crippen LogP) is 2.38. The van der Waals surface area contributed by atoms with Gasteiger partial charge in [-0.3, -0.25) is 9.78 Å². The average Bonchev–Trinajstić information content (AvgIpc) is 2.98. The standard InChI is InChI=1S/C18H19N5O2S/c1-10-7-14-16(26-10)15(17(25)23-8-12(24)9-23)22-18(21-14)20-11(2)13-5-3-4-6-19-13/h3-7,11-12,24H,8-9H2,1-2H3,(H,20,21,22)/t11-/m0/s1. The minimum absolute atomic E-state index is 0.0952. The van der Waals surface area contributed by atoms with Crippen LogP contribution in [0, 0.1) is 6.92 Å². The van der Waals surface area contributed by atoms with E-state index in [9.17, 15) is 9.90 Å². The number of likely N-dealkylation sites (tertiary alicyclic amines) is 1. The van der Waals surface area contributed by atoms with Crippen LogP contribution in [0.1, 0.15) is 34.0 Å². The fourth-order valence-corrected chi connectivity index (χ4v) is 3.86. The fourth-order valence-electron chi connectivity index (χ4n) is 2.93. The first-order chi connectivity index (χ1) is 12.5. The van der Waals surface area contributed by atoms with Crippen LogP contribution >= 0.6 is 11.3 Å². The Morgan fingerprint density at radius 1 is 1.38 bits per heavy atom. The number of hydrogen-bond acceptors (Lipinski definition) is 7. The molecule has 0 radical (unpaired) electrons. The van der Waals surface area contributed by atoms with Crippen LogP contribution in [-0.4, -0.2) is 50.1 Å². The Balaban J connectivity index is 1.68. The zero-order valence-corrected chi connectivity index (χ0v) is 15.3. The van der Waals surface area contributed by atoms with Crippen LogP contribution in [0.15, 0.2) is 30.5 Å². The summed E-state index contributed by atoms with van der Waals surface area (Å²) < 4.78 is 0.782. The van der Waals surface area contributed by atoms with Crippen LogP contribution in [0.3, 0.4) is 0 Å². The van der Waals surface area contributed by atoms with E-state index in [1.807, 2.05) is 38.1 Å². The summed E-state index contributed by atoms with van der Waals surface area (Å²) in [6, 6.07) is 7.59. The highest BCUT2D eigenvalue weighted by molar-refractivity contribution is 7.19. The average molecular weight is 369 g/mol. The molecule has 3 aromatic rings. The van der Waals surface area contributed by atoms with Gasteiger partial charge in [0.05, 0.1) is 28.1 Å². The summed E-state index contributed by atoms with van der Waals surface area (Å²) in [7, 11) is 0. The number of pyridine rings is 1. The minimum Gasteiger partial charge on any atom is -0.389 e. The lowest BCUT2D eigenvalue weighted by atomic mass is 10.1. The molecule has 1 atom stereocenters. The number of fused-ring (bicyclic) bond motifs is 1. The van der Waals surface area contributed by atoms with Crippen LogP contribution in [0.25, 0.3) is 10.2 Å². The number of carbonyl (C=O) groups excluding carboxylic acids is 1.